The second kappa shape index (κ2) is 4.94. The SMILES string of the molecule is CCCc1cccc(C)c1C.N. The highest BCUT2D eigenvalue weighted by Gasteiger charge is 1.97. The van der Waals surface area contributed by atoms with Crippen LogP contribution in [0.2, 0.25) is 0 Å². The van der Waals surface area contributed by atoms with Crippen LogP contribution in [0, 0.1) is 13.8 Å². The van der Waals surface area contributed by atoms with E-state index in [0.29, 0.717) is 0 Å². The molecule has 0 amide bonds. The second-order valence-electron chi connectivity index (χ2n) is 3.11. The van der Waals surface area contributed by atoms with Crippen molar-refractivity contribution in [3.63, 3.8) is 0 Å². The molecule has 1 aromatic rings. The number of rotatable bonds is 2. The number of hydrogen-bond acceptors (Lipinski definition) is 1. The maximum Gasteiger partial charge on any atom is -0.0279 e. The Bertz CT molecular complexity index is 241. The quantitative estimate of drug-likeness (QED) is 0.716. The van der Waals surface area contributed by atoms with Crippen LogP contribution in [0.15, 0.2) is 18.2 Å². The lowest BCUT2D eigenvalue weighted by atomic mass is 10.0. The third kappa shape index (κ3) is 2.35. The van der Waals surface area contributed by atoms with Gasteiger partial charge in [0.15, 0.2) is 0 Å². The average Bonchev–Trinajstić information content (AvgIpc) is 1.99. The Morgan fingerprint density at radius 2 is 1.83 bits per heavy atom. The van der Waals surface area contributed by atoms with E-state index in [1.807, 2.05) is 0 Å². The van der Waals surface area contributed by atoms with E-state index in [1.165, 1.54) is 29.5 Å². The first-order valence-electron chi connectivity index (χ1n) is 4.30. The highest BCUT2D eigenvalue weighted by molar-refractivity contribution is 5.32. The number of aryl methyl sites for hydroxylation is 2. The highest BCUT2D eigenvalue weighted by atomic mass is 14.0. The zero-order valence-corrected chi connectivity index (χ0v) is 8.35. The molecule has 0 radical (unpaired) electrons. The van der Waals surface area contributed by atoms with Crippen LogP contribution in [0.4, 0.5) is 0 Å². The lowest BCUT2D eigenvalue weighted by molar-refractivity contribution is 0.910. The van der Waals surface area contributed by atoms with E-state index in [9.17, 15) is 0 Å². The molecule has 0 bridgehead atoms. The van der Waals surface area contributed by atoms with Crippen molar-refractivity contribution in [1.82, 2.24) is 6.15 Å². The van der Waals surface area contributed by atoms with Crippen LogP contribution in [0.1, 0.15) is 30.0 Å². The van der Waals surface area contributed by atoms with Gasteiger partial charge in [0.1, 0.15) is 0 Å². The molecular formula is C11H19N. The van der Waals surface area contributed by atoms with E-state index < -0.39 is 0 Å². The van der Waals surface area contributed by atoms with Crippen LogP contribution in [0.5, 0.6) is 0 Å². The molecule has 1 aromatic carbocycles. The van der Waals surface area contributed by atoms with Crippen LogP contribution in [0.25, 0.3) is 0 Å². The normalized spacial score (nSPS) is 9.25. The van der Waals surface area contributed by atoms with Crippen molar-refractivity contribution >= 4 is 0 Å². The highest BCUT2D eigenvalue weighted by Crippen LogP contribution is 2.13. The molecule has 0 aliphatic carbocycles. The van der Waals surface area contributed by atoms with Crippen LogP contribution >= 0.6 is 0 Å². The van der Waals surface area contributed by atoms with Gasteiger partial charge < -0.3 is 6.15 Å². The number of benzene rings is 1. The van der Waals surface area contributed by atoms with Gasteiger partial charge in [0.2, 0.25) is 0 Å². The molecule has 0 aliphatic heterocycles. The van der Waals surface area contributed by atoms with Crippen LogP contribution in [-0.2, 0) is 6.42 Å². The summed E-state index contributed by atoms with van der Waals surface area (Å²) in [4.78, 5) is 0. The molecule has 0 unspecified atom stereocenters. The van der Waals surface area contributed by atoms with Gasteiger partial charge in [-0.3, -0.25) is 0 Å². The minimum absolute atomic E-state index is 0. The third-order valence-electron chi connectivity index (χ3n) is 2.24. The van der Waals surface area contributed by atoms with Crippen molar-refractivity contribution in [3.05, 3.63) is 34.9 Å². The summed E-state index contributed by atoms with van der Waals surface area (Å²) < 4.78 is 0. The Hall–Kier alpha value is -0.820. The zero-order chi connectivity index (χ0) is 8.27. The summed E-state index contributed by atoms with van der Waals surface area (Å²) in [6.45, 7) is 6.61. The predicted molar refractivity (Wildman–Crippen MR) is 54.9 cm³/mol. The van der Waals surface area contributed by atoms with Crippen molar-refractivity contribution < 1.29 is 0 Å². The Morgan fingerprint density at radius 1 is 1.17 bits per heavy atom. The molecule has 1 nitrogen and oxygen atoms in total. The molecule has 0 saturated heterocycles. The second-order valence-corrected chi connectivity index (χ2v) is 3.11. The monoisotopic (exact) mass is 165 g/mol. The molecule has 1 rings (SSSR count). The van der Waals surface area contributed by atoms with Gasteiger partial charge in [-0.05, 0) is 37.0 Å². The van der Waals surface area contributed by atoms with Crippen molar-refractivity contribution in [3.8, 4) is 0 Å². The van der Waals surface area contributed by atoms with E-state index in [1.54, 1.807) is 0 Å². The summed E-state index contributed by atoms with van der Waals surface area (Å²) in [5.74, 6) is 0. The summed E-state index contributed by atoms with van der Waals surface area (Å²) >= 11 is 0. The summed E-state index contributed by atoms with van der Waals surface area (Å²) in [7, 11) is 0. The molecule has 0 aliphatic rings. The summed E-state index contributed by atoms with van der Waals surface area (Å²) in [6.07, 6.45) is 2.46. The Kier molecular flexibility index (Phi) is 4.60. The van der Waals surface area contributed by atoms with Crippen molar-refractivity contribution in [2.75, 3.05) is 0 Å². The summed E-state index contributed by atoms with van der Waals surface area (Å²) in [5.41, 5.74) is 4.39. The van der Waals surface area contributed by atoms with Gasteiger partial charge in [-0.2, -0.15) is 0 Å². The first-order valence-corrected chi connectivity index (χ1v) is 4.30. The van der Waals surface area contributed by atoms with E-state index in [4.69, 9.17) is 0 Å². The molecular weight excluding hydrogens is 146 g/mol. The standard InChI is InChI=1S/C11H16.H3N/c1-4-6-11-8-5-7-9(2)10(11)3;/h5,7-8H,4,6H2,1-3H3;1H3. The third-order valence-corrected chi connectivity index (χ3v) is 2.24. The smallest absolute Gasteiger partial charge is 0.0279 e. The molecule has 0 fully saturated rings. The molecule has 0 saturated carbocycles. The maximum absolute atomic E-state index is 2.23. The van der Waals surface area contributed by atoms with Crippen molar-refractivity contribution in [2.45, 2.75) is 33.6 Å². The van der Waals surface area contributed by atoms with E-state index in [0.717, 1.165) is 0 Å². The fourth-order valence-electron chi connectivity index (χ4n) is 1.35. The van der Waals surface area contributed by atoms with Gasteiger partial charge in [0, 0.05) is 0 Å². The van der Waals surface area contributed by atoms with Gasteiger partial charge in [-0.15, -0.1) is 0 Å². The fourth-order valence-corrected chi connectivity index (χ4v) is 1.35. The molecule has 0 heterocycles. The average molecular weight is 165 g/mol. The molecule has 0 spiro atoms. The van der Waals surface area contributed by atoms with Gasteiger partial charge in [-0.1, -0.05) is 31.5 Å². The summed E-state index contributed by atoms with van der Waals surface area (Å²) in [5, 5.41) is 0. The summed E-state index contributed by atoms with van der Waals surface area (Å²) in [6, 6.07) is 6.55. The molecule has 1 heteroatoms. The topological polar surface area (TPSA) is 35.0 Å². The molecule has 3 N–H and O–H groups in total. The molecule has 0 aromatic heterocycles. The fraction of sp³-hybridized carbons (Fsp3) is 0.455. The van der Waals surface area contributed by atoms with Gasteiger partial charge >= 0.3 is 0 Å². The van der Waals surface area contributed by atoms with Gasteiger partial charge in [0.25, 0.3) is 0 Å². The Morgan fingerprint density at radius 3 is 2.42 bits per heavy atom. The molecule has 68 valence electrons. The first kappa shape index (κ1) is 11.2. The Labute approximate surface area is 75.4 Å². The number of hydrogen-bond donors (Lipinski definition) is 1. The largest absolute Gasteiger partial charge is 0.344 e. The zero-order valence-electron chi connectivity index (χ0n) is 8.35. The minimum atomic E-state index is 0. The van der Waals surface area contributed by atoms with E-state index in [-0.39, 0.29) is 6.15 Å². The lowest BCUT2D eigenvalue weighted by Crippen LogP contribution is -1.90. The van der Waals surface area contributed by atoms with Crippen LogP contribution in [-0.4, -0.2) is 0 Å². The van der Waals surface area contributed by atoms with Crippen LogP contribution < -0.4 is 6.15 Å². The predicted octanol–water partition coefficient (Wildman–Crippen LogP) is 3.42. The van der Waals surface area contributed by atoms with Crippen molar-refractivity contribution in [2.24, 2.45) is 0 Å². The van der Waals surface area contributed by atoms with E-state index >= 15 is 0 Å². The first-order chi connectivity index (χ1) is 5.25. The lowest BCUT2D eigenvalue weighted by Gasteiger charge is -2.05. The van der Waals surface area contributed by atoms with Gasteiger partial charge in [0.05, 0.1) is 0 Å². The van der Waals surface area contributed by atoms with E-state index in [2.05, 4.69) is 39.0 Å². The van der Waals surface area contributed by atoms with Gasteiger partial charge in [-0.25, -0.2) is 0 Å². The molecule has 0 atom stereocenters. The molecule has 12 heavy (non-hydrogen) atoms. The maximum atomic E-state index is 2.23. The van der Waals surface area contributed by atoms with Crippen molar-refractivity contribution in [1.29, 1.82) is 0 Å². The van der Waals surface area contributed by atoms with Crippen LogP contribution in [0.3, 0.4) is 0 Å². The minimum Gasteiger partial charge on any atom is -0.344 e. The Balaban J connectivity index is 0.00000121.